The summed E-state index contributed by atoms with van der Waals surface area (Å²) in [6.45, 7) is 0.174. The number of aliphatic imine (C=N–C) groups is 1. The van der Waals surface area contributed by atoms with E-state index < -0.39 is 33.7 Å². The summed E-state index contributed by atoms with van der Waals surface area (Å²) in [7, 11) is -3.22. The fraction of sp³-hybridized carbons (Fsp3) is 0.300. The van der Waals surface area contributed by atoms with Gasteiger partial charge in [-0.05, 0) is 23.8 Å². The van der Waals surface area contributed by atoms with Crippen LogP contribution in [0.1, 0.15) is 5.56 Å². The third-order valence-corrected chi connectivity index (χ3v) is 7.78. The van der Waals surface area contributed by atoms with E-state index in [1.807, 2.05) is 30.3 Å². The molecule has 0 bridgehead atoms. The number of thioether (sulfide) groups is 1. The van der Waals surface area contributed by atoms with Crippen LogP contribution in [0.3, 0.4) is 0 Å². The number of ether oxygens (including phenoxy) is 1. The molecule has 2 aliphatic rings. The molecule has 30 heavy (non-hydrogen) atoms. The Balaban J connectivity index is 1.47. The van der Waals surface area contributed by atoms with Gasteiger partial charge in [-0.1, -0.05) is 53.7 Å². The highest BCUT2D eigenvalue weighted by atomic mass is 35.5. The first kappa shape index (κ1) is 21.1. The van der Waals surface area contributed by atoms with Crippen molar-refractivity contribution in [3.8, 4) is 0 Å². The second-order valence-corrected chi connectivity index (χ2v) is 10.5. The summed E-state index contributed by atoms with van der Waals surface area (Å²) in [4.78, 5) is 18.4. The first-order chi connectivity index (χ1) is 14.3. The summed E-state index contributed by atoms with van der Waals surface area (Å²) in [6, 6.07) is 12.7. The predicted octanol–water partition coefficient (Wildman–Crippen LogP) is 3.30. The number of amidine groups is 1. The highest BCUT2D eigenvalue weighted by Crippen LogP contribution is 2.36. The zero-order valence-corrected chi connectivity index (χ0v) is 18.1. The number of halogens is 2. The van der Waals surface area contributed by atoms with Crippen LogP contribution in [0.2, 0.25) is 5.02 Å². The van der Waals surface area contributed by atoms with E-state index in [9.17, 15) is 17.6 Å². The molecule has 0 aromatic heterocycles. The molecule has 0 N–H and O–H groups in total. The Morgan fingerprint density at radius 2 is 2.00 bits per heavy atom. The Kier molecular flexibility index (Phi) is 6.04. The van der Waals surface area contributed by atoms with Gasteiger partial charge >= 0.3 is 5.97 Å². The van der Waals surface area contributed by atoms with Crippen LogP contribution in [-0.4, -0.2) is 48.9 Å². The fourth-order valence-corrected chi connectivity index (χ4v) is 6.41. The van der Waals surface area contributed by atoms with Crippen LogP contribution in [0.15, 0.2) is 53.5 Å². The van der Waals surface area contributed by atoms with Crippen LogP contribution in [0, 0.1) is 5.82 Å². The van der Waals surface area contributed by atoms with Crippen LogP contribution in [-0.2, 0) is 26.0 Å². The molecular formula is C20H18ClFN2O4S2. The van der Waals surface area contributed by atoms with Gasteiger partial charge in [0.15, 0.2) is 15.0 Å². The van der Waals surface area contributed by atoms with Gasteiger partial charge in [-0.2, -0.15) is 0 Å². The van der Waals surface area contributed by atoms with E-state index in [2.05, 4.69) is 4.99 Å². The third kappa shape index (κ3) is 4.63. The monoisotopic (exact) mass is 468 g/mol. The molecular weight excluding hydrogens is 451 g/mol. The smallest absolute Gasteiger partial charge is 0.316 e. The first-order valence-corrected chi connectivity index (χ1v) is 12.4. The molecule has 158 valence electrons. The lowest BCUT2D eigenvalue weighted by molar-refractivity contribution is -0.141. The molecule has 2 aliphatic heterocycles. The van der Waals surface area contributed by atoms with Crippen molar-refractivity contribution in [3.05, 3.63) is 64.9 Å². The highest BCUT2D eigenvalue weighted by Gasteiger charge is 2.47. The molecule has 0 aliphatic carbocycles. The summed E-state index contributed by atoms with van der Waals surface area (Å²) in [5, 5.41) is 0.433. The van der Waals surface area contributed by atoms with Crippen molar-refractivity contribution in [2.75, 3.05) is 22.2 Å². The Morgan fingerprint density at radius 3 is 2.73 bits per heavy atom. The molecule has 1 saturated heterocycles. The minimum Gasteiger partial charge on any atom is -0.460 e. The van der Waals surface area contributed by atoms with E-state index in [4.69, 9.17) is 16.3 Å². The number of nitrogens with zero attached hydrogens (tertiary/aromatic N) is 2. The molecule has 4 rings (SSSR count). The second-order valence-electron chi connectivity index (χ2n) is 7.03. The van der Waals surface area contributed by atoms with Gasteiger partial charge in [0.2, 0.25) is 0 Å². The summed E-state index contributed by atoms with van der Waals surface area (Å²) in [6.07, 6.45) is 0. The van der Waals surface area contributed by atoms with Gasteiger partial charge < -0.3 is 9.64 Å². The quantitative estimate of drug-likeness (QED) is 0.627. The maximum Gasteiger partial charge on any atom is 0.316 e. The summed E-state index contributed by atoms with van der Waals surface area (Å²) < 4.78 is 43.0. The van der Waals surface area contributed by atoms with E-state index in [1.54, 1.807) is 4.90 Å². The van der Waals surface area contributed by atoms with Crippen molar-refractivity contribution in [2.24, 2.45) is 4.99 Å². The molecule has 0 unspecified atom stereocenters. The lowest BCUT2D eigenvalue weighted by Crippen LogP contribution is -2.39. The highest BCUT2D eigenvalue weighted by molar-refractivity contribution is 8.14. The molecule has 2 heterocycles. The number of benzene rings is 2. The van der Waals surface area contributed by atoms with Crippen molar-refractivity contribution in [1.29, 1.82) is 0 Å². The van der Waals surface area contributed by atoms with Crippen molar-refractivity contribution >= 4 is 50.0 Å². The van der Waals surface area contributed by atoms with Crippen LogP contribution in [0.4, 0.5) is 10.1 Å². The molecule has 1 fully saturated rings. The van der Waals surface area contributed by atoms with Crippen molar-refractivity contribution in [2.45, 2.75) is 18.7 Å². The lowest BCUT2D eigenvalue weighted by Gasteiger charge is -2.26. The number of rotatable bonds is 5. The van der Waals surface area contributed by atoms with Gasteiger partial charge in [0, 0.05) is 5.69 Å². The van der Waals surface area contributed by atoms with E-state index in [0.29, 0.717) is 10.9 Å². The summed E-state index contributed by atoms with van der Waals surface area (Å²) in [5.74, 6) is -1.06. The Hall–Kier alpha value is -2.10. The van der Waals surface area contributed by atoms with Gasteiger partial charge in [0.1, 0.15) is 12.4 Å². The van der Waals surface area contributed by atoms with Gasteiger partial charge in [-0.15, -0.1) is 0 Å². The van der Waals surface area contributed by atoms with Crippen molar-refractivity contribution in [3.63, 3.8) is 0 Å². The average Bonchev–Trinajstić information content (AvgIpc) is 3.18. The van der Waals surface area contributed by atoms with Crippen LogP contribution in [0.5, 0.6) is 0 Å². The molecule has 0 radical (unpaired) electrons. The summed E-state index contributed by atoms with van der Waals surface area (Å²) >= 11 is 7.09. The first-order valence-electron chi connectivity index (χ1n) is 9.17. The van der Waals surface area contributed by atoms with Crippen LogP contribution >= 0.6 is 23.4 Å². The number of hydrogen-bond acceptors (Lipinski definition) is 7. The molecule has 10 heteroatoms. The molecule has 2 atom stereocenters. The minimum absolute atomic E-state index is 0.0171. The third-order valence-electron chi connectivity index (χ3n) is 4.85. The van der Waals surface area contributed by atoms with Crippen molar-refractivity contribution in [1.82, 2.24) is 0 Å². The zero-order chi connectivity index (χ0) is 21.3. The number of anilines is 1. The molecule has 2 aromatic rings. The molecule has 2 aromatic carbocycles. The topological polar surface area (TPSA) is 76.0 Å². The Labute approximate surface area is 183 Å². The van der Waals surface area contributed by atoms with E-state index in [1.165, 1.54) is 30.0 Å². The second kappa shape index (κ2) is 8.56. The molecule has 6 nitrogen and oxygen atoms in total. The Bertz CT molecular complexity index is 1100. The van der Waals surface area contributed by atoms with Crippen LogP contribution in [0.25, 0.3) is 0 Å². The number of esters is 1. The van der Waals surface area contributed by atoms with E-state index in [0.717, 1.165) is 5.56 Å². The molecule has 0 spiro atoms. The normalized spacial score (nSPS) is 21.9. The largest absolute Gasteiger partial charge is 0.460 e. The zero-order valence-electron chi connectivity index (χ0n) is 15.7. The minimum atomic E-state index is -3.22. The van der Waals surface area contributed by atoms with E-state index >= 15 is 0 Å². The SMILES string of the molecule is O=C(CSC1=N[C@H]2CS(=O)(=O)C[C@@H]2N1c1ccc(F)c(Cl)c1)OCc1ccccc1. The van der Waals surface area contributed by atoms with Crippen molar-refractivity contribution < 1.29 is 22.3 Å². The average molecular weight is 469 g/mol. The van der Waals surface area contributed by atoms with Gasteiger partial charge in [-0.25, -0.2) is 12.8 Å². The lowest BCUT2D eigenvalue weighted by atomic mass is 10.1. The predicted molar refractivity (Wildman–Crippen MR) is 116 cm³/mol. The molecule has 0 amide bonds. The van der Waals surface area contributed by atoms with Gasteiger partial charge in [0.25, 0.3) is 0 Å². The van der Waals surface area contributed by atoms with E-state index in [-0.39, 0.29) is 28.9 Å². The maximum atomic E-state index is 13.6. The number of sulfone groups is 1. The van der Waals surface area contributed by atoms with Crippen LogP contribution < -0.4 is 4.90 Å². The van der Waals surface area contributed by atoms with Gasteiger partial charge in [-0.3, -0.25) is 9.79 Å². The maximum absolute atomic E-state index is 13.6. The standard InChI is InChI=1S/C20H18ClFN2O4S2/c21-15-8-14(6-7-16(15)22)24-18-12-30(26,27)11-17(18)23-20(24)29-10-19(25)28-9-13-4-2-1-3-5-13/h1-8,17-18H,9-12H2/t17-,18-/m0/s1. The van der Waals surface area contributed by atoms with Gasteiger partial charge in [0.05, 0.1) is 34.4 Å². The molecule has 0 saturated carbocycles. The number of hydrogen-bond donors (Lipinski definition) is 0. The number of carbonyl (C=O) groups excluding carboxylic acids is 1. The number of fused-ring (bicyclic) bond motifs is 1. The summed E-state index contributed by atoms with van der Waals surface area (Å²) in [5.41, 5.74) is 1.42. The fourth-order valence-electron chi connectivity index (χ4n) is 3.47. The Morgan fingerprint density at radius 1 is 1.23 bits per heavy atom. The number of carbonyl (C=O) groups is 1.